The van der Waals surface area contributed by atoms with Crippen LogP contribution in [0.5, 0.6) is 0 Å². The predicted molar refractivity (Wildman–Crippen MR) is 94.0 cm³/mol. The highest BCUT2D eigenvalue weighted by atomic mass is 32.2. The van der Waals surface area contributed by atoms with Gasteiger partial charge in [0.2, 0.25) is 11.8 Å². The molecule has 1 heterocycles. The molecule has 0 bridgehead atoms. The molecule has 0 radical (unpaired) electrons. The Labute approximate surface area is 138 Å². The standard InChI is InChI=1S/C17H17N3O2S/c1-23-15-9-5-4-8-13(15)19-16(21)10-14-17(22)20-12-7-3-2-6-11(12)18-14/h2-9,14,18H,10H2,1H3,(H,19,21)(H,20,22)/t14-/m0/s1. The first kappa shape index (κ1) is 15.4. The van der Waals surface area contributed by atoms with E-state index >= 15 is 0 Å². The molecule has 0 saturated heterocycles. The number of carbonyl (C=O) groups is 2. The Hall–Kier alpha value is -2.47. The lowest BCUT2D eigenvalue weighted by Gasteiger charge is -2.26. The average molecular weight is 327 g/mol. The molecule has 0 aliphatic carbocycles. The van der Waals surface area contributed by atoms with Gasteiger partial charge in [-0.25, -0.2) is 0 Å². The highest BCUT2D eigenvalue weighted by molar-refractivity contribution is 7.98. The quantitative estimate of drug-likeness (QED) is 0.755. The highest BCUT2D eigenvalue weighted by Gasteiger charge is 2.27. The number of para-hydroxylation sites is 3. The van der Waals surface area contributed by atoms with Crippen molar-refractivity contribution in [1.82, 2.24) is 0 Å². The molecule has 1 atom stereocenters. The van der Waals surface area contributed by atoms with Gasteiger partial charge in [0.25, 0.3) is 0 Å². The van der Waals surface area contributed by atoms with E-state index in [-0.39, 0.29) is 18.2 Å². The zero-order chi connectivity index (χ0) is 16.2. The molecule has 5 nitrogen and oxygen atoms in total. The summed E-state index contributed by atoms with van der Waals surface area (Å²) in [6.45, 7) is 0. The monoisotopic (exact) mass is 327 g/mol. The molecule has 2 aromatic rings. The van der Waals surface area contributed by atoms with E-state index in [1.165, 1.54) is 0 Å². The van der Waals surface area contributed by atoms with Gasteiger partial charge in [-0.1, -0.05) is 24.3 Å². The average Bonchev–Trinajstić information content (AvgIpc) is 2.56. The molecular weight excluding hydrogens is 310 g/mol. The van der Waals surface area contributed by atoms with E-state index in [0.29, 0.717) is 0 Å². The molecule has 0 aromatic heterocycles. The molecule has 0 saturated carbocycles. The first-order valence-electron chi connectivity index (χ1n) is 7.26. The summed E-state index contributed by atoms with van der Waals surface area (Å²) < 4.78 is 0. The molecule has 1 aliphatic heterocycles. The van der Waals surface area contributed by atoms with Crippen LogP contribution in [0, 0.1) is 0 Å². The summed E-state index contributed by atoms with van der Waals surface area (Å²) in [6, 6.07) is 14.5. The Morgan fingerprint density at radius 2 is 1.83 bits per heavy atom. The van der Waals surface area contributed by atoms with E-state index in [9.17, 15) is 9.59 Å². The number of benzene rings is 2. The minimum absolute atomic E-state index is 0.0723. The normalized spacial score (nSPS) is 16.0. The molecule has 3 N–H and O–H groups in total. The maximum atomic E-state index is 12.3. The van der Waals surface area contributed by atoms with Crippen LogP contribution in [-0.2, 0) is 9.59 Å². The summed E-state index contributed by atoms with van der Waals surface area (Å²) in [6.07, 6.45) is 2.03. The van der Waals surface area contributed by atoms with Crippen molar-refractivity contribution >= 4 is 40.6 Å². The Morgan fingerprint density at radius 3 is 2.61 bits per heavy atom. The number of nitrogens with one attached hydrogen (secondary N) is 3. The Balaban J connectivity index is 1.68. The van der Waals surface area contributed by atoms with E-state index in [1.807, 2.05) is 54.8 Å². The highest BCUT2D eigenvalue weighted by Crippen LogP contribution is 2.28. The largest absolute Gasteiger partial charge is 0.372 e. The number of thioether (sulfide) groups is 1. The number of anilines is 3. The number of hydrogen-bond acceptors (Lipinski definition) is 4. The molecule has 118 valence electrons. The molecule has 3 rings (SSSR count). The second-order valence-electron chi connectivity index (χ2n) is 5.18. The number of hydrogen-bond donors (Lipinski definition) is 3. The minimum atomic E-state index is -0.577. The van der Waals surface area contributed by atoms with Crippen molar-refractivity contribution in [2.75, 3.05) is 22.2 Å². The van der Waals surface area contributed by atoms with E-state index in [4.69, 9.17) is 0 Å². The molecule has 2 amide bonds. The maximum Gasteiger partial charge on any atom is 0.247 e. The van der Waals surface area contributed by atoms with Crippen LogP contribution in [-0.4, -0.2) is 24.1 Å². The van der Waals surface area contributed by atoms with Crippen LogP contribution in [0.4, 0.5) is 17.1 Å². The zero-order valence-corrected chi connectivity index (χ0v) is 13.4. The minimum Gasteiger partial charge on any atom is -0.372 e. The third kappa shape index (κ3) is 3.48. The van der Waals surface area contributed by atoms with Crippen molar-refractivity contribution in [2.24, 2.45) is 0 Å². The van der Waals surface area contributed by atoms with Gasteiger partial charge in [0.1, 0.15) is 6.04 Å². The molecule has 0 unspecified atom stereocenters. The van der Waals surface area contributed by atoms with Gasteiger partial charge in [-0.05, 0) is 30.5 Å². The lowest BCUT2D eigenvalue weighted by molar-refractivity contribution is -0.122. The first-order valence-corrected chi connectivity index (χ1v) is 8.49. The van der Waals surface area contributed by atoms with Gasteiger partial charge in [0.15, 0.2) is 0 Å². The van der Waals surface area contributed by atoms with E-state index < -0.39 is 6.04 Å². The van der Waals surface area contributed by atoms with Crippen LogP contribution in [0.25, 0.3) is 0 Å². The van der Waals surface area contributed by atoms with Gasteiger partial charge in [-0.3, -0.25) is 9.59 Å². The Morgan fingerprint density at radius 1 is 1.13 bits per heavy atom. The summed E-state index contributed by atoms with van der Waals surface area (Å²) in [4.78, 5) is 25.4. The van der Waals surface area contributed by atoms with Crippen LogP contribution in [0.15, 0.2) is 53.4 Å². The predicted octanol–water partition coefficient (Wildman–Crippen LogP) is 3.17. The smallest absolute Gasteiger partial charge is 0.247 e. The first-order chi connectivity index (χ1) is 11.2. The fourth-order valence-corrected chi connectivity index (χ4v) is 3.02. The van der Waals surface area contributed by atoms with Crippen LogP contribution in [0.2, 0.25) is 0 Å². The van der Waals surface area contributed by atoms with E-state index in [0.717, 1.165) is 22.0 Å². The Kier molecular flexibility index (Phi) is 4.52. The molecule has 23 heavy (non-hydrogen) atoms. The van der Waals surface area contributed by atoms with Gasteiger partial charge in [-0.2, -0.15) is 0 Å². The third-order valence-corrected chi connectivity index (χ3v) is 4.40. The SMILES string of the molecule is CSc1ccccc1NC(=O)C[C@@H]1Nc2ccccc2NC1=O. The summed E-state index contributed by atoms with van der Waals surface area (Å²) >= 11 is 1.57. The van der Waals surface area contributed by atoms with Gasteiger partial charge >= 0.3 is 0 Å². The summed E-state index contributed by atoms with van der Waals surface area (Å²) in [7, 11) is 0. The Bertz CT molecular complexity index is 748. The van der Waals surface area contributed by atoms with Crippen LogP contribution >= 0.6 is 11.8 Å². The maximum absolute atomic E-state index is 12.3. The topological polar surface area (TPSA) is 70.2 Å². The molecule has 6 heteroatoms. The van der Waals surface area contributed by atoms with Crippen molar-refractivity contribution in [1.29, 1.82) is 0 Å². The molecule has 2 aromatic carbocycles. The molecule has 0 spiro atoms. The third-order valence-electron chi connectivity index (χ3n) is 3.60. The second-order valence-corrected chi connectivity index (χ2v) is 6.03. The van der Waals surface area contributed by atoms with E-state index in [1.54, 1.807) is 11.8 Å². The van der Waals surface area contributed by atoms with Crippen molar-refractivity contribution < 1.29 is 9.59 Å². The van der Waals surface area contributed by atoms with Crippen LogP contribution in [0.1, 0.15) is 6.42 Å². The molecule has 1 aliphatic rings. The number of rotatable bonds is 4. The lowest BCUT2D eigenvalue weighted by Crippen LogP contribution is -2.41. The second kappa shape index (κ2) is 6.75. The van der Waals surface area contributed by atoms with Gasteiger partial charge in [0.05, 0.1) is 23.5 Å². The van der Waals surface area contributed by atoms with Crippen molar-refractivity contribution in [3.05, 3.63) is 48.5 Å². The fourth-order valence-electron chi connectivity index (χ4n) is 2.47. The lowest BCUT2D eigenvalue weighted by atomic mass is 10.1. The number of fused-ring (bicyclic) bond motifs is 1. The van der Waals surface area contributed by atoms with Crippen LogP contribution in [0.3, 0.4) is 0 Å². The van der Waals surface area contributed by atoms with Gasteiger partial charge < -0.3 is 16.0 Å². The number of carbonyl (C=O) groups excluding carboxylic acids is 2. The molecule has 0 fully saturated rings. The van der Waals surface area contributed by atoms with Gasteiger partial charge in [-0.15, -0.1) is 11.8 Å². The summed E-state index contributed by atoms with van der Waals surface area (Å²) in [5.74, 6) is -0.393. The van der Waals surface area contributed by atoms with Crippen molar-refractivity contribution in [3.8, 4) is 0 Å². The summed E-state index contributed by atoms with van der Waals surface area (Å²) in [5, 5.41) is 8.80. The van der Waals surface area contributed by atoms with Crippen molar-refractivity contribution in [3.63, 3.8) is 0 Å². The fraction of sp³-hybridized carbons (Fsp3) is 0.176. The van der Waals surface area contributed by atoms with Crippen LogP contribution < -0.4 is 16.0 Å². The molecular formula is C17H17N3O2S. The zero-order valence-electron chi connectivity index (χ0n) is 12.6. The summed E-state index contributed by atoms with van der Waals surface area (Å²) in [5.41, 5.74) is 2.33. The number of amides is 2. The van der Waals surface area contributed by atoms with Gasteiger partial charge in [0, 0.05) is 4.90 Å². The van der Waals surface area contributed by atoms with E-state index in [2.05, 4.69) is 16.0 Å². The van der Waals surface area contributed by atoms with Crippen molar-refractivity contribution in [2.45, 2.75) is 17.4 Å².